The number of rotatable bonds is 13. The summed E-state index contributed by atoms with van der Waals surface area (Å²) in [6.45, 7) is 12.8. The van der Waals surface area contributed by atoms with E-state index in [4.69, 9.17) is 30.5 Å². The molecule has 0 aromatic heterocycles. The number of para-hydroxylation sites is 2. The van der Waals surface area contributed by atoms with Crippen LogP contribution in [0.3, 0.4) is 0 Å². The minimum absolute atomic E-state index is 0.144. The van der Waals surface area contributed by atoms with Crippen LogP contribution in [0.1, 0.15) is 39.2 Å². The molecule has 0 spiro atoms. The topological polar surface area (TPSA) is 67.0 Å². The van der Waals surface area contributed by atoms with Crippen molar-refractivity contribution in [2.24, 2.45) is 5.92 Å². The first-order valence-electron chi connectivity index (χ1n) is 16.2. The van der Waals surface area contributed by atoms with Crippen molar-refractivity contribution in [1.29, 1.82) is 0 Å². The van der Waals surface area contributed by atoms with E-state index in [1.807, 2.05) is 41.3 Å². The van der Waals surface area contributed by atoms with Crippen molar-refractivity contribution in [3.63, 3.8) is 0 Å². The Balaban J connectivity index is 1.35. The lowest BCUT2D eigenvalue weighted by molar-refractivity contribution is 0.0358. The Hall–Kier alpha value is -3.66. The quantitative estimate of drug-likeness (QED) is 0.180. The van der Waals surface area contributed by atoms with E-state index < -0.39 is 0 Å². The molecule has 2 heterocycles. The zero-order valence-corrected chi connectivity index (χ0v) is 28.5. The number of methoxy groups -OCH3 is 2. The minimum atomic E-state index is -0.247. The van der Waals surface area contributed by atoms with Gasteiger partial charge in [0.1, 0.15) is 16.9 Å². The number of fused-ring (bicyclic) bond motifs is 1. The van der Waals surface area contributed by atoms with Gasteiger partial charge in [0.25, 0.3) is 0 Å². The smallest absolute Gasteiger partial charge is 0.330 e. The fourth-order valence-corrected chi connectivity index (χ4v) is 6.43. The molecule has 10 heteroatoms. The molecule has 0 aliphatic carbocycles. The Labute approximate surface area is 278 Å². The van der Waals surface area contributed by atoms with Crippen molar-refractivity contribution in [3.8, 4) is 17.2 Å². The zero-order chi connectivity index (χ0) is 32.6. The molecule has 1 atom stereocenters. The Morgan fingerprint density at radius 1 is 1.02 bits per heavy atom. The van der Waals surface area contributed by atoms with Crippen LogP contribution in [0.25, 0.3) is 0 Å². The molecule has 0 saturated carbocycles. The second-order valence-corrected chi connectivity index (χ2v) is 12.6. The van der Waals surface area contributed by atoms with Crippen LogP contribution in [-0.4, -0.2) is 77.3 Å². The molecule has 9 nitrogen and oxygen atoms in total. The van der Waals surface area contributed by atoms with E-state index in [-0.39, 0.29) is 12.2 Å². The normalized spacial score (nSPS) is 16.5. The third-order valence-corrected chi connectivity index (χ3v) is 9.01. The molecule has 1 unspecified atom stereocenters. The largest absolute Gasteiger partial charge is 0.494 e. The zero-order valence-electron chi connectivity index (χ0n) is 27.7. The van der Waals surface area contributed by atoms with E-state index in [0.717, 1.165) is 68.4 Å². The van der Waals surface area contributed by atoms with Crippen molar-refractivity contribution in [2.75, 3.05) is 74.9 Å². The van der Waals surface area contributed by atoms with Crippen LogP contribution in [-0.2, 0) is 11.3 Å². The van der Waals surface area contributed by atoms with Gasteiger partial charge in [-0.1, -0.05) is 49.7 Å². The van der Waals surface area contributed by atoms with Crippen LogP contribution in [0.2, 0.25) is 5.02 Å². The molecule has 2 aliphatic heterocycles. The third kappa shape index (κ3) is 7.65. The molecular formula is C36H47ClN4O5. The number of anilines is 3. The second-order valence-electron chi connectivity index (χ2n) is 12.2. The van der Waals surface area contributed by atoms with Gasteiger partial charge in [-0.3, -0.25) is 14.7 Å². The van der Waals surface area contributed by atoms with Crippen LogP contribution in [0.4, 0.5) is 21.9 Å². The number of ether oxygens (including phenoxy) is 4. The Kier molecular flexibility index (Phi) is 11.5. The Morgan fingerprint density at radius 3 is 2.50 bits per heavy atom. The van der Waals surface area contributed by atoms with Gasteiger partial charge in [-0.15, -0.1) is 0 Å². The van der Waals surface area contributed by atoms with Crippen LogP contribution >= 0.6 is 11.6 Å². The van der Waals surface area contributed by atoms with Gasteiger partial charge >= 0.3 is 6.03 Å². The van der Waals surface area contributed by atoms with E-state index in [0.29, 0.717) is 47.8 Å². The second kappa shape index (κ2) is 15.8. The molecule has 248 valence electrons. The highest BCUT2D eigenvalue weighted by Crippen LogP contribution is 2.45. The van der Waals surface area contributed by atoms with Crippen molar-refractivity contribution in [1.82, 2.24) is 4.90 Å². The van der Waals surface area contributed by atoms with E-state index in [2.05, 4.69) is 48.8 Å². The maximum absolute atomic E-state index is 14.6. The van der Waals surface area contributed by atoms with E-state index in [1.165, 1.54) is 0 Å². The number of amides is 2. The van der Waals surface area contributed by atoms with Crippen LogP contribution < -0.4 is 28.9 Å². The van der Waals surface area contributed by atoms with E-state index >= 15 is 0 Å². The van der Waals surface area contributed by atoms with E-state index in [1.54, 1.807) is 25.2 Å². The molecule has 0 radical (unpaired) electrons. The fraction of sp³-hybridized carbons (Fsp3) is 0.472. The van der Waals surface area contributed by atoms with Crippen LogP contribution in [0.15, 0.2) is 60.7 Å². The molecule has 46 heavy (non-hydrogen) atoms. The fourth-order valence-electron chi connectivity index (χ4n) is 6.09. The summed E-state index contributed by atoms with van der Waals surface area (Å²) in [5, 5.41) is 0.345. The molecule has 0 bridgehead atoms. The molecular weight excluding hydrogens is 604 g/mol. The minimum Gasteiger partial charge on any atom is -0.494 e. The Morgan fingerprint density at radius 2 is 1.78 bits per heavy atom. The standard InChI is InChI=1S/C36H47ClN4O5/c1-26(2)16-18-39(32-14-15-33(43-4)35(44-5)34(32)37)36(42)41-27(3)40(30-12-6-7-13-31(30)41)25-28-10-8-11-29(24-28)46-21-9-17-38-19-22-45-23-20-38/h6-8,10-15,24,26-27H,9,16-23,25H2,1-5H3. The van der Waals surface area contributed by atoms with Gasteiger partial charge in [-0.25, -0.2) is 4.79 Å². The highest BCUT2D eigenvalue weighted by atomic mass is 35.5. The van der Waals surface area contributed by atoms with Gasteiger partial charge in [0.2, 0.25) is 0 Å². The average Bonchev–Trinajstić information content (AvgIpc) is 3.34. The van der Waals surface area contributed by atoms with Gasteiger partial charge in [-0.05, 0) is 67.6 Å². The molecule has 5 rings (SSSR count). The maximum Gasteiger partial charge on any atom is 0.330 e. The summed E-state index contributed by atoms with van der Waals surface area (Å²) < 4.78 is 22.6. The summed E-state index contributed by atoms with van der Waals surface area (Å²) in [4.78, 5) is 22.9. The lowest BCUT2D eigenvalue weighted by atomic mass is 10.1. The van der Waals surface area contributed by atoms with Crippen molar-refractivity contribution in [3.05, 3.63) is 71.2 Å². The molecule has 1 fully saturated rings. The van der Waals surface area contributed by atoms with Crippen LogP contribution in [0.5, 0.6) is 17.2 Å². The van der Waals surface area contributed by atoms with Crippen molar-refractivity contribution < 1.29 is 23.7 Å². The molecule has 3 aromatic carbocycles. The first-order valence-corrected chi connectivity index (χ1v) is 16.6. The molecule has 1 saturated heterocycles. The summed E-state index contributed by atoms with van der Waals surface area (Å²) in [5.41, 5.74) is 3.57. The first-order chi connectivity index (χ1) is 22.3. The van der Waals surface area contributed by atoms with Crippen molar-refractivity contribution >= 4 is 34.7 Å². The number of hydrogen-bond acceptors (Lipinski definition) is 7. The predicted molar refractivity (Wildman–Crippen MR) is 185 cm³/mol. The van der Waals surface area contributed by atoms with Crippen molar-refractivity contribution in [2.45, 2.75) is 46.3 Å². The first kappa shape index (κ1) is 33.7. The lowest BCUT2D eigenvalue weighted by Gasteiger charge is -2.34. The summed E-state index contributed by atoms with van der Waals surface area (Å²) in [7, 11) is 3.12. The lowest BCUT2D eigenvalue weighted by Crippen LogP contribution is -2.50. The summed E-state index contributed by atoms with van der Waals surface area (Å²) in [6.07, 6.45) is 1.53. The van der Waals surface area contributed by atoms with Crippen LogP contribution in [0, 0.1) is 5.92 Å². The van der Waals surface area contributed by atoms with E-state index in [9.17, 15) is 4.79 Å². The monoisotopic (exact) mass is 650 g/mol. The maximum atomic E-state index is 14.6. The van der Waals surface area contributed by atoms with Gasteiger partial charge in [-0.2, -0.15) is 0 Å². The molecule has 3 aromatic rings. The Bertz CT molecular complexity index is 1460. The molecule has 2 aliphatic rings. The highest BCUT2D eigenvalue weighted by molar-refractivity contribution is 6.35. The van der Waals surface area contributed by atoms with Gasteiger partial charge in [0.15, 0.2) is 11.5 Å². The molecule has 0 N–H and O–H groups in total. The number of benzene rings is 3. The summed E-state index contributed by atoms with van der Waals surface area (Å²) in [6, 6.07) is 19.8. The third-order valence-electron chi connectivity index (χ3n) is 8.64. The number of morpholine rings is 1. The van der Waals surface area contributed by atoms with Gasteiger partial charge < -0.3 is 23.8 Å². The summed E-state index contributed by atoms with van der Waals surface area (Å²) >= 11 is 6.88. The number of urea groups is 1. The van der Waals surface area contributed by atoms with Gasteiger partial charge in [0.05, 0.1) is 51.1 Å². The number of carbonyl (C=O) groups is 1. The number of hydrogen-bond donors (Lipinski definition) is 0. The molecule has 2 amide bonds. The number of carbonyl (C=O) groups excluding carboxylic acids is 1. The summed E-state index contributed by atoms with van der Waals surface area (Å²) in [5.74, 6) is 2.17. The number of halogens is 1. The highest BCUT2D eigenvalue weighted by Gasteiger charge is 2.39. The average molecular weight is 651 g/mol. The predicted octanol–water partition coefficient (Wildman–Crippen LogP) is 7.30. The SMILES string of the molecule is COc1ccc(N(CCC(C)C)C(=O)N2c3ccccc3N(Cc3cccc(OCCCN4CCOCC4)c3)C2C)c(Cl)c1OC. The number of nitrogens with zero attached hydrogens (tertiary/aromatic N) is 4. The van der Waals surface area contributed by atoms with Gasteiger partial charge in [0, 0.05) is 32.7 Å².